The van der Waals surface area contributed by atoms with E-state index in [4.69, 9.17) is 17.0 Å². The van der Waals surface area contributed by atoms with Crippen LogP contribution in [0.2, 0.25) is 0 Å². The lowest BCUT2D eigenvalue weighted by molar-refractivity contribution is -0.143. The SMILES string of the molecule is CCOC(=O)CCNC(=S)N1CCCN1C(=O)CC. The molecule has 1 saturated heterocycles. The number of thiocarbonyl (C=S) groups is 1. The van der Waals surface area contributed by atoms with Crippen LogP contribution < -0.4 is 5.32 Å². The van der Waals surface area contributed by atoms with Gasteiger partial charge in [-0.05, 0) is 25.6 Å². The third-order valence-electron chi connectivity index (χ3n) is 2.77. The van der Waals surface area contributed by atoms with E-state index < -0.39 is 0 Å². The highest BCUT2D eigenvalue weighted by Crippen LogP contribution is 2.12. The third kappa shape index (κ3) is 4.66. The molecule has 0 bridgehead atoms. The van der Waals surface area contributed by atoms with Crippen molar-refractivity contribution in [1.29, 1.82) is 0 Å². The van der Waals surface area contributed by atoms with Gasteiger partial charge in [0.15, 0.2) is 5.11 Å². The van der Waals surface area contributed by atoms with E-state index in [1.165, 1.54) is 0 Å². The van der Waals surface area contributed by atoms with Gasteiger partial charge in [-0.15, -0.1) is 0 Å². The zero-order chi connectivity index (χ0) is 14.3. The predicted octanol–water partition coefficient (Wildman–Crippen LogP) is 0.673. The van der Waals surface area contributed by atoms with Crippen LogP contribution in [0, 0.1) is 0 Å². The van der Waals surface area contributed by atoms with Crippen molar-refractivity contribution >= 4 is 29.2 Å². The maximum atomic E-state index is 11.7. The van der Waals surface area contributed by atoms with Gasteiger partial charge in [0.1, 0.15) is 0 Å². The van der Waals surface area contributed by atoms with E-state index in [0.717, 1.165) is 13.0 Å². The van der Waals surface area contributed by atoms with Gasteiger partial charge in [-0.2, -0.15) is 0 Å². The molecule has 1 rings (SSSR count). The number of amides is 1. The summed E-state index contributed by atoms with van der Waals surface area (Å²) in [6.07, 6.45) is 1.64. The maximum Gasteiger partial charge on any atom is 0.307 e. The summed E-state index contributed by atoms with van der Waals surface area (Å²) in [5.74, 6) is -0.187. The Labute approximate surface area is 119 Å². The van der Waals surface area contributed by atoms with Gasteiger partial charge in [-0.3, -0.25) is 19.6 Å². The topological polar surface area (TPSA) is 61.9 Å². The second kappa shape index (κ2) is 7.93. The summed E-state index contributed by atoms with van der Waals surface area (Å²) in [5.41, 5.74) is 0. The normalized spacial score (nSPS) is 14.4. The zero-order valence-electron chi connectivity index (χ0n) is 11.5. The largest absolute Gasteiger partial charge is 0.466 e. The minimum absolute atomic E-state index is 0.0621. The van der Waals surface area contributed by atoms with Crippen molar-refractivity contribution < 1.29 is 14.3 Å². The molecule has 1 aliphatic heterocycles. The molecule has 0 spiro atoms. The number of nitrogens with zero attached hydrogens (tertiary/aromatic N) is 2. The average molecular weight is 287 g/mol. The molecule has 0 aromatic carbocycles. The van der Waals surface area contributed by atoms with Crippen molar-refractivity contribution in [3.63, 3.8) is 0 Å². The van der Waals surface area contributed by atoms with E-state index in [1.54, 1.807) is 16.9 Å². The Kier molecular flexibility index (Phi) is 6.55. The molecule has 1 amide bonds. The van der Waals surface area contributed by atoms with Gasteiger partial charge in [0.05, 0.1) is 13.0 Å². The van der Waals surface area contributed by atoms with Crippen LogP contribution in [0.1, 0.15) is 33.1 Å². The molecule has 0 radical (unpaired) electrons. The number of carbonyl (C=O) groups excluding carboxylic acids is 2. The summed E-state index contributed by atoms with van der Waals surface area (Å²) < 4.78 is 4.83. The van der Waals surface area contributed by atoms with Crippen LogP contribution >= 0.6 is 12.2 Å². The van der Waals surface area contributed by atoms with E-state index in [0.29, 0.717) is 31.2 Å². The van der Waals surface area contributed by atoms with Gasteiger partial charge < -0.3 is 10.1 Å². The van der Waals surface area contributed by atoms with E-state index in [2.05, 4.69) is 5.32 Å². The molecule has 0 atom stereocenters. The molecular weight excluding hydrogens is 266 g/mol. The molecule has 0 unspecified atom stereocenters. The highest BCUT2D eigenvalue weighted by atomic mass is 32.1. The van der Waals surface area contributed by atoms with Crippen LogP contribution in [0.3, 0.4) is 0 Å². The molecule has 0 aromatic rings. The summed E-state index contributed by atoms with van der Waals surface area (Å²) in [5, 5.41) is 6.91. The minimum Gasteiger partial charge on any atom is -0.466 e. The minimum atomic E-state index is -0.249. The second-order valence-electron chi connectivity index (χ2n) is 4.13. The number of hydrogen-bond acceptors (Lipinski definition) is 4. The van der Waals surface area contributed by atoms with Gasteiger partial charge in [-0.1, -0.05) is 6.92 Å². The Bertz CT molecular complexity index is 349. The fraction of sp³-hybridized carbons (Fsp3) is 0.750. The lowest BCUT2D eigenvalue weighted by atomic mass is 10.4. The highest BCUT2D eigenvalue weighted by Gasteiger charge is 2.27. The molecule has 1 aliphatic rings. The fourth-order valence-electron chi connectivity index (χ4n) is 1.86. The van der Waals surface area contributed by atoms with Gasteiger partial charge >= 0.3 is 5.97 Å². The van der Waals surface area contributed by atoms with Gasteiger partial charge in [0.2, 0.25) is 5.91 Å². The first-order valence-electron chi connectivity index (χ1n) is 6.61. The maximum absolute atomic E-state index is 11.7. The quantitative estimate of drug-likeness (QED) is 0.592. The van der Waals surface area contributed by atoms with Crippen LogP contribution in [0.5, 0.6) is 0 Å². The third-order valence-corrected chi connectivity index (χ3v) is 3.12. The number of carbonyl (C=O) groups is 2. The lowest BCUT2D eigenvalue weighted by Crippen LogP contribution is -2.49. The summed E-state index contributed by atoms with van der Waals surface area (Å²) in [6.45, 7) is 5.84. The first-order valence-corrected chi connectivity index (χ1v) is 7.02. The van der Waals surface area contributed by atoms with Crippen LogP contribution in [0.15, 0.2) is 0 Å². The van der Waals surface area contributed by atoms with Gasteiger partial charge in [-0.25, -0.2) is 0 Å². The standard InChI is InChI=1S/C12H21N3O3S/c1-3-10(16)14-8-5-9-15(14)12(19)13-7-6-11(17)18-4-2/h3-9H2,1-2H3,(H,13,19). The number of esters is 1. The van der Waals surface area contributed by atoms with Crippen LogP contribution in [0.4, 0.5) is 0 Å². The number of nitrogens with one attached hydrogen (secondary N) is 1. The molecule has 1 heterocycles. The lowest BCUT2D eigenvalue weighted by Gasteiger charge is -2.29. The molecule has 7 heteroatoms. The Morgan fingerprint density at radius 3 is 2.58 bits per heavy atom. The highest BCUT2D eigenvalue weighted by molar-refractivity contribution is 7.80. The Balaban J connectivity index is 2.36. The molecule has 0 aliphatic carbocycles. The van der Waals surface area contributed by atoms with Crippen molar-refractivity contribution in [3.05, 3.63) is 0 Å². The molecule has 6 nitrogen and oxygen atoms in total. The van der Waals surface area contributed by atoms with E-state index >= 15 is 0 Å². The van der Waals surface area contributed by atoms with Crippen molar-refractivity contribution in [2.24, 2.45) is 0 Å². The van der Waals surface area contributed by atoms with Crippen LogP contribution in [-0.2, 0) is 14.3 Å². The van der Waals surface area contributed by atoms with Crippen LogP contribution in [-0.4, -0.2) is 53.2 Å². The summed E-state index contributed by atoms with van der Waals surface area (Å²) in [7, 11) is 0. The monoisotopic (exact) mass is 287 g/mol. The molecule has 0 aromatic heterocycles. The van der Waals surface area contributed by atoms with Gasteiger partial charge in [0, 0.05) is 26.1 Å². The molecule has 1 fully saturated rings. The van der Waals surface area contributed by atoms with E-state index in [9.17, 15) is 9.59 Å². The van der Waals surface area contributed by atoms with Crippen molar-refractivity contribution in [1.82, 2.24) is 15.3 Å². The molecular formula is C12H21N3O3S. The zero-order valence-corrected chi connectivity index (χ0v) is 12.3. The Hall–Kier alpha value is -1.37. The fourth-order valence-corrected chi connectivity index (χ4v) is 2.15. The molecule has 108 valence electrons. The summed E-state index contributed by atoms with van der Waals surface area (Å²) >= 11 is 5.24. The van der Waals surface area contributed by atoms with Crippen molar-refractivity contribution in [3.8, 4) is 0 Å². The summed E-state index contributed by atoms with van der Waals surface area (Å²) in [4.78, 5) is 22.9. The molecule has 1 N–H and O–H groups in total. The number of rotatable bonds is 5. The first kappa shape index (κ1) is 15.7. The predicted molar refractivity (Wildman–Crippen MR) is 75.2 cm³/mol. The van der Waals surface area contributed by atoms with Crippen molar-refractivity contribution in [2.75, 3.05) is 26.2 Å². The summed E-state index contributed by atoms with van der Waals surface area (Å²) in [6, 6.07) is 0. The molecule has 0 saturated carbocycles. The van der Waals surface area contributed by atoms with Crippen LogP contribution in [0.25, 0.3) is 0 Å². The smallest absolute Gasteiger partial charge is 0.307 e. The van der Waals surface area contributed by atoms with E-state index in [1.807, 2.05) is 6.92 Å². The Morgan fingerprint density at radius 1 is 1.26 bits per heavy atom. The molecule has 19 heavy (non-hydrogen) atoms. The first-order chi connectivity index (χ1) is 9.10. The van der Waals surface area contributed by atoms with Gasteiger partial charge in [0.25, 0.3) is 0 Å². The number of hydrazine groups is 1. The average Bonchev–Trinajstić information content (AvgIpc) is 2.87. The Morgan fingerprint density at radius 2 is 1.95 bits per heavy atom. The number of ether oxygens (including phenoxy) is 1. The van der Waals surface area contributed by atoms with E-state index in [-0.39, 0.29) is 18.3 Å². The number of hydrogen-bond donors (Lipinski definition) is 1. The van der Waals surface area contributed by atoms with Crippen molar-refractivity contribution in [2.45, 2.75) is 33.1 Å². The second-order valence-corrected chi connectivity index (χ2v) is 4.52.